The number of rotatable bonds is 8. The van der Waals surface area contributed by atoms with Gasteiger partial charge in [-0.3, -0.25) is 4.79 Å². The van der Waals surface area contributed by atoms with Gasteiger partial charge >= 0.3 is 0 Å². The Morgan fingerprint density at radius 2 is 2.15 bits per heavy atom. The molecule has 3 N–H and O–H groups in total. The molecule has 2 aromatic rings. The molecule has 1 aliphatic rings. The van der Waals surface area contributed by atoms with Crippen LogP contribution in [-0.4, -0.2) is 82.3 Å². The van der Waals surface area contributed by atoms with Crippen LogP contribution in [0.5, 0.6) is 0 Å². The van der Waals surface area contributed by atoms with Gasteiger partial charge in [0.1, 0.15) is 11.6 Å². The molecule has 1 saturated heterocycles. The summed E-state index contributed by atoms with van der Waals surface area (Å²) >= 11 is 0. The van der Waals surface area contributed by atoms with Crippen LogP contribution in [0.2, 0.25) is 0 Å². The molecule has 0 radical (unpaired) electrons. The summed E-state index contributed by atoms with van der Waals surface area (Å²) in [6.07, 6.45) is 0.782. The highest BCUT2D eigenvalue weighted by Gasteiger charge is 2.35. The van der Waals surface area contributed by atoms with Gasteiger partial charge in [-0.2, -0.15) is 0 Å². The van der Waals surface area contributed by atoms with E-state index in [1.165, 1.54) is 12.1 Å². The lowest BCUT2D eigenvalue weighted by atomic mass is 9.96. The number of carbonyl (C=O) groups is 1. The molecule has 1 aliphatic heterocycles. The molecule has 7 nitrogen and oxygen atoms in total. The number of aromatic nitrogens is 2. The monoisotopic (exact) mass is 378 g/mol. The van der Waals surface area contributed by atoms with Crippen LogP contribution in [0.1, 0.15) is 12.2 Å². The van der Waals surface area contributed by atoms with E-state index in [9.17, 15) is 14.3 Å². The predicted octanol–water partition coefficient (Wildman–Crippen LogP) is 0.626. The summed E-state index contributed by atoms with van der Waals surface area (Å²) in [5.74, 6) is 0.639. The lowest BCUT2D eigenvalue weighted by Gasteiger charge is -2.23. The number of carbonyl (C=O) groups excluding carboxylic acids is 1. The fraction of sp³-hybridized carbons (Fsp3) is 0.579. The predicted molar refractivity (Wildman–Crippen MR) is 99.6 cm³/mol. The van der Waals surface area contributed by atoms with Gasteiger partial charge in [-0.05, 0) is 31.2 Å². The second-order valence-corrected chi connectivity index (χ2v) is 7.33. The summed E-state index contributed by atoms with van der Waals surface area (Å²) in [4.78, 5) is 23.9. The van der Waals surface area contributed by atoms with E-state index >= 15 is 0 Å². The number of aryl methyl sites for hydroxylation is 1. The van der Waals surface area contributed by atoms with Crippen LogP contribution in [0.4, 0.5) is 4.39 Å². The topological polar surface area (TPSA) is 92.7 Å². The molecular formula is C19H27FN4O3. The molecule has 148 valence electrons. The zero-order chi connectivity index (χ0) is 19.4. The first kappa shape index (κ1) is 19.7. The fourth-order valence-corrected chi connectivity index (χ4v) is 3.75. The van der Waals surface area contributed by atoms with E-state index in [0.717, 1.165) is 6.54 Å². The normalized spacial score (nSPS) is 20.1. The van der Waals surface area contributed by atoms with Gasteiger partial charge in [0, 0.05) is 51.5 Å². The third-order valence-electron chi connectivity index (χ3n) is 5.26. The molecule has 0 saturated carbocycles. The van der Waals surface area contributed by atoms with E-state index in [1.807, 2.05) is 11.9 Å². The Morgan fingerprint density at radius 1 is 1.37 bits per heavy atom. The summed E-state index contributed by atoms with van der Waals surface area (Å²) in [5, 5.41) is 18.7. The molecular weight excluding hydrogens is 351 g/mol. The Morgan fingerprint density at radius 3 is 2.89 bits per heavy atom. The number of aliphatic hydroxyl groups excluding tert-OH is 2. The number of benzene rings is 1. The molecule has 1 fully saturated rings. The van der Waals surface area contributed by atoms with Crippen molar-refractivity contribution in [3.63, 3.8) is 0 Å². The minimum Gasteiger partial charge on any atom is -0.396 e. The third-order valence-corrected chi connectivity index (χ3v) is 5.26. The minimum atomic E-state index is -0.321. The van der Waals surface area contributed by atoms with E-state index in [0.29, 0.717) is 49.3 Å². The Kier molecular flexibility index (Phi) is 6.41. The third kappa shape index (κ3) is 4.82. The van der Waals surface area contributed by atoms with Gasteiger partial charge in [0.2, 0.25) is 5.91 Å². The van der Waals surface area contributed by atoms with Gasteiger partial charge in [-0.1, -0.05) is 0 Å². The van der Waals surface area contributed by atoms with Crippen LogP contribution < -0.4 is 0 Å². The van der Waals surface area contributed by atoms with E-state index in [1.54, 1.807) is 11.0 Å². The quantitative estimate of drug-likeness (QED) is 0.626. The minimum absolute atomic E-state index is 0.0346. The summed E-state index contributed by atoms with van der Waals surface area (Å²) in [5.41, 5.74) is 1.32. The van der Waals surface area contributed by atoms with Crippen molar-refractivity contribution in [2.45, 2.75) is 12.8 Å². The summed E-state index contributed by atoms with van der Waals surface area (Å²) < 4.78 is 13.3. The van der Waals surface area contributed by atoms with Crippen molar-refractivity contribution in [1.29, 1.82) is 0 Å². The number of hydrogen-bond donors (Lipinski definition) is 3. The number of hydrogen-bond acceptors (Lipinski definition) is 5. The van der Waals surface area contributed by atoms with E-state index in [-0.39, 0.29) is 36.8 Å². The Balaban J connectivity index is 1.55. The highest BCUT2D eigenvalue weighted by molar-refractivity contribution is 5.77. The second kappa shape index (κ2) is 8.77. The molecule has 1 amide bonds. The van der Waals surface area contributed by atoms with Crippen LogP contribution in [0.3, 0.4) is 0 Å². The maximum Gasteiger partial charge on any atom is 0.223 e. The first-order chi connectivity index (χ1) is 13.0. The lowest BCUT2D eigenvalue weighted by Crippen LogP contribution is -2.33. The van der Waals surface area contributed by atoms with Gasteiger partial charge in [0.05, 0.1) is 17.6 Å². The van der Waals surface area contributed by atoms with Crippen LogP contribution >= 0.6 is 0 Å². The highest BCUT2D eigenvalue weighted by Crippen LogP contribution is 2.25. The number of likely N-dealkylation sites (N-methyl/N-ethyl adjacent to an activating group) is 1. The largest absolute Gasteiger partial charge is 0.396 e. The highest BCUT2D eigenvalue weighted by atomic mass is 19.1. The van der Waals surface area contributed by atoms with E-state index in [4.69, 9.17) is 5.11 Å². The number of imidazole rings is 1. The van der Waals surface area contributed by atoms with Crippen molar-refractivity contribution in [2.75, 3.05) is 46.4 Å². The van der Waals surface area contributed by atoms with Crippen LogP contribution in [0.15, 0.2) is 18.2 Å². The number of nitrogens with zero attached hydrogens (tertiary/aromatic N) is 3. The summed E-state index contributed by atoms with van der Waals surface area (Å²) in [6, 6.07) is 4.38. The summed E-state index contributed by atoms with van der Waals surface area (Å²) in [6.45, 7) is 2.64. The van der Waals surface area contributed by atoms with Gasteiger partial charge in [0.15, 0.2) is 0 Å². The zero-order valence-corrected chi connectivity index (χ0v) is 15.6. The van der Waals surface area contributed by atoms with Gasteiger partial charge in [0.25, 0.3) is 0 Å². The first-order valence-corrected chi connectivity index (χ1v) is 9.32. The Bertz CT molecular complexity index is 781. The molecule has 0 aliphatic carbocycles. The van der Waals surface area contributed by atoms with Crippen LogP contribution in [0, 0.1) is 17.7 Å². The number of halogens is 1. The molecule has 2 atom stereocenters. The molecule has 1 aromatic carbocycles. The molecule has 3 rings (SSSR count). The van der Waals surface area contributed by atoms with Crippen molar-refractivity contribution < 1.29 is 19.4 Å². The number of aromatic amines is 1. The average molecular weight is 378 g/mol. The van der Waals surface area contributed by atoms with E-state index in [2.05, 4.69) is 9.97 Å². The number of H-pyrrole nitrogens is 1. The maximum atomic E-state index is 13.3. The molecule has 0 spiro atoms. The number of amides is 1. The van der Waals surface area contributed by atoms with Crippen LogP contribution in [-0.2, 0) is 11.2 Å². The van der Waals surface area contributed by atoms with Crippen molar-refractivity contribution in [2.24, 2.45) is 11.8 Å². The smallest absolute Gasteiger partial charge is 0.223 e. The number of fused-ring (bicyclic) bond motifs is 1. The van der Waals surface area contributed by atoms with Crippen molar-refractivity contribution in [1.82, 2.24) is 19.8 Å². The molecule has 27 heavy (non-hydrogen) atoms. The number of likely N-dealkylation sites (tertiary alicyclic amines) is 1. The average Bonchev–Trinajstić information content (AvgIpc) is 3.22. The maximum absolute atomic E-state index is 13.3. The molecule has 1 aromatic heterocycles. The van der Waals surface area contributed by atoms with Crippen molar-refractivity contribution in [3.05, 3.63) is 29.8 Å². The summed E-state index contributed by atoms with van der Waals surface area (Å²) in [7, 11) is 1.93. The van der Waals surface area contributed by atoms with Crippen molar-refractivity contribution in [3.8, 4) is 0 Å². The first-order valence-electron chi connectivity index (χ1n) is 9.32. The standard InChI is InChI=1S/C19H27FN4O3/c1-23(6-7-25)9-13-10-24(11-14(13)12-26)19(27)5-4-18-21-16-3-2-15(20)8-17(16)22-18/h2-3,8,13-14,25-26H,4-7,9-12H2,1H3,(H,21,22)/t13-,14-/m1/s1. The SMILES string of the molecule is CN(CCO)C[C@@H]1CN(C(=O)CCc2nc3ccc(F)cc3[nH]2)C[C@@H]1CO. The van der Waals surface area contributed by atoms with Crippen LogP contribution in [0.25, 0.3) is 11.0 Å². The Hall–Kier alpha value is -2.03. The number of aliphatic hydroxyl groups is 2. The molecule has 8 heteroatoms. The lowest BCUT2D eigenvalue weighted by molar-refractivity contribution is -0.130. The fourth-order valence-electron chi connectivity index (χ4n) is 3.75. The second-order valence-electron chi connectivity index (χ2n) is 7.33. The van der Waals surface area contributed by atoms with E-state index < -0.39 is 0 Å². The van der Waals surface area contributed by atoms with Gasteiger partial charge in [-0.25, -0.2) is 9.37 Å². The molecule has 2 heterocycles. The molecule has 0 bridgehead atoms. The number of nitrogens with one attached hydrogen (secondary N) is 1. The zero-order valence-electron chi connectivity index (χ0n) is 15.6. The molecule has 0 unspecified atom stereocenters. The van der Waals surface area contributed by atoms with Gasteiger partial charge in [-0.15, -0.1) is 0 Å². The van der Waals surface area contributed by atoms with Crippen molar-refractivity contribution >= 4 is 16.9 Å². The van der Waals surface area contributed by atoms with Gasteiger partial charge < -0.3 is 25.0 Å². The Labute approximate surface area is 157 Å².